The number of halogens is 2. The number of fused-ring (bicyclic) bond motifs is 2. The first kappa shape index (κ1) is 15.6. The van der Waals surface area contributed by atoms with E-state index in [9.17, 15) is 19.5 Å². The fraction of sp³-hybridized carbons (Fsp3) is 0.643. The summed E-state index contributed by atoms with van der Waals surface area (Å²) in [5, 5.41) is 9.30. The molecule has 2 saturated carbocycles. The van der Waals surface area contributed by atoms with Crippen molar-refractivity contribution in [2.75, 3.05) is 0 Å². The second-order valence-corrected chi connectivity index (χ2v) is 7.98. The first-order valence-corrected chi connectivity index (χ1v) is 7.82. The molecular weight excluding hydrogens is 331 g/mol. The Morgan fingerprint density at radius 1 is 1.14 bits per heavy atom. The maximum Gasteiger partial charge on any atom is 0.307 e. The largest absolute Gasteiger partial charge is 0.481 e. The molecule has 8 heteroatoms. The smallest absolute Gasteiger partial charge is 0.307 e. The molecule has 0 unspecified atom stereocenters. The van der Waals surface area contributed by atoms with Gasteiger partial charge in [0.25, 0.3) is 0 Å². The van der Waals surface area contributed by atoms with E-state index in [-0.39, 0.29) is 11.8 Å². The lowest BCUT2D eigenvalue weighted by Crippen LogP contribution is -2.50. The summed E-state index contributed by atoms with van der Waals surface area (Å²) in [6, 6.07) is 0. The van der Waals surface area contributed by atoms with Crippen molar-refractivity contribution < 1.29 is 19.5 Å². The summed E-state index contributed by atoms with van der Waals surface area (Å²) in [5.74, 6) is -3.58. The number of carboxylic acid groups (broad SMARTS) is 1. The van der Waals surface area contributed by atoms with Gasteiger partial charge in [-0.05, 0) is 31.6 Å². The summed E-state index contributed by atoms with van der Waals surface area (Å²) in [7, 11) is 0. The van der Waals surface area contributed by atoms with E-state index in [0.717, 1.165) is 0 Å². The number of carbonyl (C=O) groups excluding carboxylic acids is 2. The van der Waals surface area contributed by atoms with E-state index in [2.05, 4.69) is 10.9 Å². The predicted molar refractivity (Wildman–Crippen MR) is 78.8 cm³/mol. The number of alkyl halides is 2. The molecule has 0 heterocycles. The molecule has 0 spiro atoms. The number of nitrogens with one attached hydrogen (secondary N) is 2. The van der Waals surface area contributed by atoms with Gasteiger partial charge in [-0.3, -0.25) is 25.2 Å². The number of amides is 2. The quantitative estimate of drug-likeness (QED) is 0.407. The number of hydrazine groups is 1. The number of hydrogen-bond acceptors (Lipinski definition) is 3. The summed E-state index contributed by atoms with van der Waals surface area (Å²) < 4.78 is -1.12. The van der Waals surface area contributed by atoms with E-state index >= 15 is 0 Å². The second kappa shape index (κ2) is 4.86. The Kier molecular flexibility index (Phi) is 3.45. The molecule has 2 fully saturated rings. The molecule has 3 rings (SSSR count). The summed E-state index contributed by atoms with van der Waals surface area (Å²) in [5.41, 5.74) is 3.70. The first-order valence-electron chi connectivity index (χ1n) is 7.06. The zero-order valence-corrected chi connectivity index (χ0v) is 13.3. The topological polar surface area (TPSA) is 95.5 Å². The number of hydrogen-bond donors (Lipinski definition) is 3. The van der Waals surface area contributed by atoms with Gasteiger partial charge in [0.15, 0.2) is 0 Å². The van der Waals surface area contributed by atoms with Crippen LogP contribution in [0.2, 0.25) is 0 Å². The van der Waals surface area contributed by atoms with E-state index in [4.69, 9.17) is 23.2 Å². The Bertz CT molecular complexity index is 591. The van der Waals surface area contributed by atoms with E-state index in [0.29, 0.717) is 12.8 Å². The van der Waals surface area contributed by atoms with Crippen molar-refractivity contribution in [1.29, 1.82) is 0 Å². The van der Waals surface area contributed by atoms with Crippen LogP contribution in [-0.2, 0) is 14.4 Å². The van der Waals surface area contributed by atoms with Gasteiger partial charge in [0.1, 0.15) is 4.33 Å². The number of carboxylic acids is 1. The monoisotopic (exact) mass is 346 g/mol. The summed E-state index contributed by atoms with van der Waals surface area (Å²) in [6.45, 7) is 1.61. The van der Waals surface area contributed by atoms with Gasteiger partial charge in [0, 0.05) is 0 Å². The van der Waals surface area contributed by atoms with Gasteiger partial charge in [0.2, 0.25) is 11.8 Å². The number of carbonyl (C=O) groups is 3. The molecule has 3 aliphatic carbocycles. The van der Waals surface area contributed by atoms with Gasteiger partial charge in [-0.25, -0.2) is 0 Å². The van der Waals surface area contributed by atoms with Crippen molar-refractivity contribution in [2.45, 2.75) is 24.1 Å². The maximum atomic E-state index is 12.3. The van der Waals surface area contributed by atoms with Crippen LogP contribution in [-0.4, -0.2) is 27.2 Å². The SMILES string of the molecule is C[C@]1(C(=O)NNC(=O)[C@@H]2[C@@H](C(=O)O)[C@H]3C=C[C@H]2C3)CC1(Cl)Cl. The van der Waals surface area contributed by atoms with Crippen LogP contribution < -0.4 is 10.9 Å². The van der Waals surface area contributed by atoms with Crippen molar-refractivity contribution >= 4 is 41.0 Å². The normalized spacial score (nSPS) is 40.3. The van der Waals surface area contributed by atoms with E-state index < -0.39 is 39.4 Å². The fourth-order valence-corrected chi connectivity index (χ4v) is 4.21. The van der Waals surface area contributed by atoms with Crippen LogP contribution in [0.25, 0.3) is 0 Å². The Morgan fingerprint density at radius 3 is 2.18 bits per heavy atom. The molecular formula is C14H16Cl2N2O4. The molecule has 6 nitrogen and oxygen atoms in total. The molecule has 3 N–H and O–H groups in total. The highest BCUT2D eigenvalue weighted by molar-refractivity contribution is 6.53. The number of aliphatic carboxylic acids is 1. The van der Waals surface area contributed by atoms with Crippen LogP contribution in [0, 0.1) is 29.1 Å². The highest BCUT2D eigenvalue weighted by Gasteiger charge is 2.68. The minimum atomic E-state index is -1.12. The summed E-state index contributed by atoms with van der Waals surface area (Å²) in [4.78, 5) is 35.6. The van der Waals surface area contributed by atoms with Gasteiger partial charge in [-0.15, -0.1) is 23.2 Å². The van der Waals surface area contributed by atoms with E-state index in [1.54, 1.807) is 6.92 Å². The van der Waals surface area contributed by atoms with Gasteiger partial charge >= 0.3 is 5.97 Å². The third-order valence-electron chi connectivity index (χ3n) is 5.11. The van der Waals surface area contributed by atoms with E-state index in [1.165, 1.54) is 0 Å². The fourth-order valence-electron chi connectivity index (χ4n) is 3.50. The third kappa shape index (κ3) is 2.20. The molecule has 0 radical (unpaired) electrons. The second-order valence-electron chi connectivity index (χ2n) is 6.49. The first-order chi connectivity index (χ1) is 10.2. The lowest BCUT2D eigenvalue weighted by molar-refractivity contribution is -0.148. The highest BCUT2D eigenvalue weighted by Crippen LogP contribution is 2.63. The highest BCUT2D eigenvalue weighted by atomic mass is 35.5. The minimum absolute atomic E-state index is 0.0975. The zero-order valence-electron chi connectivity index (χ0n) is 11.8. The Morgan fingerprint density at radius 2 is 1.68 bits per heavy atom. The molecule has 5 atom stereocenters. The molecule has 0 aliphatic heterocycles. The van der Waals surface area contributed by atoms with Crippen LogP contribution in [0.4, 0.5) is 0 Å². The number of allylic oxidation sites excluding steroid dienone is 2. The van der Waals surface area contributed by atoms with Gasteiger partial charge in [0.05, 0.1) is 17.3 Å². The Hall–Kier alpha value is -1.27. The summed E-state index contributed by atoms with van der Waals surface area (Å²) in [6.07, 6.45) is 4.69. The van der Waals surface area contributed by atoms with Crippen LogP contribution in [0.3, 0.4) is 0 Å². The van der Waals surface area contributed by atoms with Crippen LogP contribution >= 0.6 is 23.2 Å². The lowest BCUT2D eigenvalue weighted by Gasteiger charge is -2.24. The van der Waals surface area contributed by atoms with Gasteiger partial charge in [-0.2, -0.15) is 0 Å². The van der Waals surface area contributed by atoms with Crippen LogP contribution in [0.5, 0.6) is 0 Å². The molecule has 120 valence electrons. The molecule has 0 saturated heterocycles. The maximum absolute atomic E-state index is 12.3. The lowest BCUT2D eigenvalue weighted by atomic mass is 9.82. The molecule has 0 aromatic carbocycles. The van der Waals surface area contributed by atoms with Crippen molar-refractivity contribution in [2.24, 2.45) is 29.1 Å². The van der Waals surface area contributed by atoms with Crippen molar-refractivity contribution in [1.82, 2.24) is 10.9 Å². The van der Waals surface area contributed by atoms with Crippen LogP contribution in [0.15, 0.2) is 12.2 Å². The Labute approximate surface area is 137 Å². The van der Waals surface area contributed by atoms with Crippen molar-refractivity contribution in [3.63, 3.8) is 0 Å². The Balaban J connectivity index is 1.62. The molecule has 22 heavy (non-hydrogen) atoms. The molecule has 0 aromatic rings. The predicted octanol–water partition coefficient (Wildman–Crippen LogP) is 1.24. The average molecular weight is 347 g/mol. The number of rotatable bonds is 3. The third-order valence-corrected chi connectivity index (χ3v) is 6.21. The van der Waals surface area contributed by atoms with Gasteiger partial charge < -0.3 is 5.11 Å². The zero-order chi connectivity index (χ0) is 16.3. The van der Waals surface area contributed by atoms with Crippen LogP contribution in [0.1, 0.15) is 19.8 Å². The van der Waals surface area contributed by atoms with Crippen molar-refractivity contribution in [3.05, 3.63) is 12.2 Å². The summed E-state index contributed by atoms with van der Waals surface area (Å²) >= 11 is 11.8. The van der Waals surface area contributed by atoms with Gasteiger partial charge in [-0.1, -0.05) is 12.2 Å². The van der Waals surface area contributed by atoms with Crippen molar-refractivity contribution in [3.8, 4) is 0 Å². The molecule has 0 aromatic heterocycles. The van der Waals surface area contributed by atoms with E-state index in [1.807, 2.05) is 12.2 Å². The average Bonchev–Trinajstić information content (AvgIpc) is 2.85. The molecule has 2 amide bonds. The molecule has 2 bridgehead atoms. The molecule has 3 aliphatic rings. The standard InChI is InChI=1S/C14H16Cl2N2O4/c1-13(5-14(13,15)16)12(22)18-17-10(19)8-6-2-3-7(4-6)9(8)11(20)21/h2-3,6-9H,4-5H2,1H3,(H,17,19)(H,18,22)(H,20,21)/t6-,7-,8-,9-,13+/m0/s1. The minimum Gasteiger partial charge on any atom is -0.481 e.